The van der Waals surface area contributed by atoms with Crippen LogP contribution >= 0.6 is 0 Å². The number of carbonyl (C=O) groups excluding carboxylic acids is 2. The summed E-state index contributed by atoms with van der Waals surface area (Å²) < 4.78 is 8.94. The van der Waals surface area contributed by atoms with Crippen LogP contribution in [0.3, 0.4) is 0 Å². The third-order valence-electron chi connectivity index (χ3n) is 0.236. The van der Waals surface area contributed by atoms with Crippen molar-refractivity contribution >= 4 is 6.15 Å². The highest BCUT2D eigenvalue weighted by molar-refractivity contribution is 5.20. The lowest BCUT2D eigenvalue weighted by molar-refractivity contribution is -0.191. The second kappa shape index (κ2) is 16.3. The van der Waals surface area contributed by atoms with Crippen molar-refractivity contribution in [1.29, 1.82) is 0 Å². The first-order valence-electron chi connectivity index (χ1n) is 1.80. The summed E-state index contributed by atoms with van der Waals surface area (Å²) >= 11 is 0. The maximum absolute atomic E-state index is 8.12. The van der Waals surface area contributed by atoms with Crippen molar-refractivity contribution in [3.8, 4) is 0 Å². The van der Waals surface area contributed by atoms with Crippen molar-refractivity contribution in [1.82, 2.24) is 0 Å². The van der Waals surface area contributed by atoms with Crippen LogP contribution in [0.4, 0.5) is 0 Å². The standard InChI is InChI=1S/C3H8O2.CO2/c1-4-3-5-2;2-1-3/h3H2,1-2H3;. The molecule has 0 saturated carbocycles. The summed E-state index contributed by atoms with van der Waals surface area (Å²) in [7, 11) is 3.17. The van der Waals surface area contributed by atoms with Crippen LogP contribution in [0.2, 0.25) is 0 Å². The molecule has 0 aliphatic heterocycles. The first kappa shape index (κ1) is 10.3. The van der Waals surface area contributed by atoms with Gasteiger partial charge in [-0.2, -0.15) is 9.59 Å². The molecule has 0 heterocycles. The molecule has 0 saturated heterocycles. The highest BCUT2D eigenvalue weighted by Gasteiger charge is 1.63. The molecule has 0 aliphatic rings. The Labute approximate surface area is 47.4 Å². The first-order chi connectivity index (χ1) is 3.83. The Morgan fingerprint density at radius 3 is 1.50 bits per heavy atom. The van der Waals surface area contributed by atoms with Gasteiger partial charge in [-0.15, -0.1) is 0 Å². The van der Waals surface area contributed by atoms with Gasteiger partial charge in [0.15, 0.2) is 0 Å². The average Bonchev–Trinajstić information content (AvgIpc) is 1.71. The lowest BCUT2D eigenvalue weighted by Crippen LogP contribution is -1.87. The van der Waals surface area contributed by atoms with Gasteiger partial charge in [0.1, 0.15) is 6.79 Å². The summed E-state index contributed by atoms with van der Waals surface area (Å²) in [5.74, 6) is 0. The molecule has 8 heavy (non-hydrogen) atoms. The van der Waals surface area contributed by atoms with Gasteiger partial charge in [-0.25, -0.2) is 0 Å². The molecule has 0 bridgehead atoms. The molecule has 0 rings (SSSR count). The minimum absolute atomic E-state index is 0.250. The average molecular weight is 120 g/mol. The number of hydrogen-bond donors (Lipinski definition) is 0. The Bertz CT molecular complexity index is 53.1. The van der Waals surface area contributed by atoms with Crippen LogP contribution < -0.4 is 0 Å². The molecule has 0 aliphatic carbocycles. The Kier molecular flexibility index (Phi) is 21.0. The molecule has 0 fully saturated rings. The van der Waals surface area contributed by atoms with Crippen LogP contribution in [0.25, 0.3) is 0 Å². The molecule has 0 atom stereocenters. The lowest BCUT2D eigenvalue weighted by Gasteiger charge is -1.87. The zero-order chi connectivity index (χ0) is 6.83. The van der Waals surface area contributed by atoms with Crippen molar-refractivity contribution < 1.29 is 19.1 Å². The highest BCUT2D eigenvalue weighted by Crippen LogP contribution is 1.60. The molecular formula is C4H8O4. The summed E-state index contributed by atoms with van der Waals surface area (Å²) in [5.41, 5.74) is 0. The van der Waals surface area contributed by atoms with Crippen LogP contribution in [-0.4, -0.2) is 27.2 Å². The second-order valence-corrected chi connectivity index (χ2v) is 0.779. The molecule has 0 amide bonds. The van der Waals surface area contributed by atoms with E-state index in [1.54, 1.807) is 14.2 Å². The monoisotopic (exact) mass is 120 g/mol. The molecule has 4 heteroatoms. The smallest absolute Gasteiger partial charge is 0.359 e. The third-order valence-corrected chi connectivity index (χ3v) is 0.236. The van der Waals surface area contributed by atoms with Crippen molar-refractivity contribution in [2.75, 3.05) is 21.0 Å². The van der Waals surface area contributed by atoms with Gasteiger partial charge >= 0.3 is 6.15 Å². The van der Waals surface area contributed by atoms with Gasteiger partial charge in [0, 0.05) is 14.2 Å². The minimum Gasteiger partial charge on any atom is -0.359 e. The van der Waals surface area contributed by atoms with E-state index in [9.17, 15) is 0 Å². The van der Waals surface area contributed by atoms with E-state index in [0.717, 1.165) is 0 Å². The highest BCUT2D eigenvalue weighted by atomic mass is 16.6. The molecule has 0 aromatic carbocycles. The number of methoxy groups -OCH3 is 2. The van der Waals surface area contributed by atoms with Gasteiger partial charge < -0.3 is 9.47 Å². The van der Waals surface area contributed by atoms with E-state index >= 15 is 0 Å². The topological polar surface area (TPSA) is 52.6 Å². The molecule has 0 radical (unpaired) electrons. The van der Waals surface area contributed by atoms with E-state index < -0.39 is 0 Å². The fraction of sp³-hybridized carbons (Fsp3) is 0.750. The Morgan fingerprint density at radius 2 is 1.50 bits per heavy atom. The molecule has 48 valence electrons. The van der Waals surface area contributed by atoms with E-state index in [4.69, 9.17) is 9.59 Å². The van der Waals surface area contributed by atoms with Gasteiger partial charge in [-0.05, 0) is 0 Å². The summed E-state index contributed by atoms with van der Waals surface area (Å²) in [6, 6.07) is 0. The predicted octanol–water partition coefficient (Wildman–Crippen LogP) is -0.347. The van der Waals surface area contributed by atoms with Crippen LogP contribution in [0, 0.1) is 0 Å². The van der Waals surface area contributed by atoms with Gasteiger partial charge in [0.25, 0.3) is 0 Å². The van der Waals surface area contributed by atoms with Crippen molar-refractivity contribution in [3.63, 3.8) is 0 Å². The molecule has 0 N–H and O–H groups in total. The second-order valence-electron chi connectivity index (χ2n) is 0.779. The van der Waals surface area contributed by atoms with Gasteiger partial charge in [0.2, 0.25) is 0 Å². The number of hydrogen-bond acceptors (Lipinski definition) is 4. The summed E-state index contributed by atoms with van der Waals surface area (Å²) in [4.78, 5) is 16.2. The molecule has 0 spiro atoms. The van der Waals surface area contributed by atoms with Crippen LogP contribution in [0.1, 0.15) is 0 Å². The van der Waals surface area contributed by atoms with Crippen LogP contribution in [-0.2, 0) is 19.1 Å². The quantitative estimate of drug-likeness (QED) is 0.467. The van der Waals surface area contributed by atoms with Gasteiger partial charge in [-0.3, -0.25) is 0 Å². The fourth-order valence-electron chi connectivity index (χ4n) is 0.118. The van der Waals surface area contributed by atoms with E-state index in [2.05, 4.69) is 9.47 Å². The van der Waals surface area contributed by atoms with Gasteiger partial charge in [0.05, 0.1) is 0 Å². The Morgan fingerprint density at radius 1 is 1.25 bits per heavy atom. The third kappa shape index (κ3) is 58.0. The van der Waals surface area contributed by atoms with Gasteiger partial charge in [-0.1, -0.05) is 0 Å². The van der Waals surface area contributed by atoms with E-state index in [1.807, 2.05) is 0 Å². The summed E-state index contributed by atoms with van der Waals surface area (Å²) in [6.45, 7) is 0.389. The summed E-state index contributed by atoms with van der Waals surface area (Å²) in [5, 5.41) is 0. The fourth-order valence-corrected chi connectivity index (χ4v) is 0.118. The van der Waals surface area contributed by atoms with Crippen molar-refractivity contribution in [3.05, 3.63) is 0 Å². The largest absolute Gasteiger partial charge is 0.373 e. The maximum atomic E-state index is 8.12. The zero-order valence-electron chi connectivity index (χ0n) is 4.84. The normalized spacial score (nSPS) is 6.25. The molecule has 0 aromatic rings. The maximum Gasteiger partial charge on any atom is 0.373 e. The van der Waals surface area contributed by atoms with E-state index in [1.165, 1.54) is 0 Å². The predicted molar refractivity (Wildman–Crippen MR) is 23.9 cm³/mol. The Balaban J connectivity index is 0. The molecule has 0 aromatic heterocycles. The SMILES string of the molecule is COCOC.O=C=O. The zero-order valence-corrected chi connectivity index (χ0v) is 4.84. The van der Waals surface area contributed by atoms with E-state index in [-0.39, 0.29) is 6.15 Å². The van der Waals surface area contributed by atoms with Crippen molar-refractivity contribution in [2.24, 2.45) is 0 Å². The summed E-state index contributed by atoms with van der Waals surface area (Å²) in [6.07, 6.45) is 0.250. The minimum atomic E-state index is 0.250. The van der Waals surface area contributed by atoms with Crippen LogP contribution in [0.5, 0.6) is 0 Å². The first-order valence-corrected chi connectivity index (χ1v) is 1.80. The lowest BCUT2D eigenvalue weighted by atomic mass is 11.4. The van der Waals surface area contributed by atoms with Crippen LogP contribution in [0.15, 0.2) is 0 Å². The van der Waals surface area contributed by atoms with E-state index in [0.29, 0.717) is 6.79 Å². The molecule has 4 nitrogen and oxygen atoms in total. The molecular weight excluding hydrogens is 112 g/mol. The van der Waals surface area contributed by atoms with Crippen molar-refractivity contribution in [2.45, 2.75) is 0 Å². The molecule has 0 unspecified atom stereocenters. The Hall–Kier alpha value is -0.700. The number of ether oxygens (including phenoxy) is 2. The number of rotatable bonds is 2.